The van der Waals surface area contributed by atoms with E-state index >= 15 is 0 Å². The molecule has 0 saturated carbocycles. The first-order chi connectivity index (χ1) is 8.17. The summed E-state index contributed by atoms with van der Waals surface area (Å²) in [6.45, 7) is 14.0. The van der Waals surface area contributed by atoms with E-state index in [1.165, 1.54) is 0 Å². The number of rotatable bonds is 8. The second kappa shape index (κ2) is 7.11. The molecule has 0 amide bonds. The van der Waals surface area contributed by atoms with Crippen LogP contribution < -0.4 is 5.32 Å². The maximum absolute atomic E-state index is 9.28. The molecule has 0 aromatic heterocycles. The highest BCUT2D eigenvalue weighted by atomic mass is 15.2. The summed E-state index contributed by atoms with van der Waals surface area (Å²) in [4.78, 5) is 2.39. The van der Waals surface area contributed by atoms with Crippen molar-refractivity contribution in [2.24, 2.45) is 0 Å². The lowest BCUT2D eigenvalue weighted by molar-refractivity contribution is 0.145. The van der Waals surface area contributed by atoms with Crippen molar-refractivity contribution in [3.63, 3.8) is 0 Å². The average molecular weight is 253 g/mol. The lowest BCUT2D eigenvalue weighted by Gasteiger charge is -2.35. The summed E-state index contributed by atoms with van der Waals surface area (Å²) in [5.41, 5.74) is -0.153. The van der Waals surface area contributed by atoms with Crippen LogP contribution in [-0.2, 0) is 0 Å². The van der Waals surface area contributed by atoms with Crippen molar-refractivity contribution in [3.05, 3.63) is 0 Å². The zero-order chi connectivity index (χ0) is 14.4. The third kappa shape index (κ3) is 5.84. The number of nitrogens with zero attached hydrogens (tertiary/aromatic N) is 2. The van der Waals surface area contributed by atoms with Crippen LogP contribution in [0, 0.1) is 11.3 Å². The molecule has 1 unspecified atom stereocenters. The van der Waals surface area contributed by atoms with Crippen molar-refractivity contribution in [3.8, 4) is 6.07 Å². The lowest BCUT2D eigenvalue weighted by atomic mass is 9.95. The van der Waals surface area contributed by atoms with E-state index in [4.69, 9.17) is 0 Å². The summed E-state index contributed by atoms with van der Waals surface area (Å²) in [5.74, 6) is 0. The van der Waals surface area contributed by atoms with Crippen LogP contribution in [0.5, 0.6) is 0 Å². The van der Waals surface area contributed by atoms with Gasteiger partial charge in [-0.3, -0.25) is 5.32 Å². The molecule has 0 aliphatic carbocycles. The molecular formula is C15H31N3. The van der Waals surface area contributed by atoms with E-state index in [1.54, 1.807) is 0 Å². The highest BCUT2D eigenvalue weighted by molar-refractivity contribution is 5.04. The topological polar surface area (TPSA) is 39.1 Å². The van der Waals surface area contributed by atoms with Gasteiger partial charge in [-0.25, -0.2) is 0 Å². The molecule has 0 heterocycles. The predicted molar refractivity (Wildman–Crippen MR) is 78.5 cm³/mol. The van der Waals surface area contributed by atoms with Crippen molar-refractivity contribution < 1.29 is 0 Å². The minimum absolute atomic E-state index is 0.245. The molecule has 1 atom stereocenters. The number of hydrogen-bond acceptors (Lipinski definition) is 3. The molecule has 0 aromatic rings. The van der Waals surface area contributed by atoms with Crippen LogP contribution in [0.15, 0.2) is 0 Å². The molecular weight excluding hydrogens is 222 g/mol. The summed E-state index contributed by atoms with van der Waals surface area (Å²) in [6.07, 6.45) is 3.08. The van der Waals surface area contributed by atoms with Crippen molar-refractivity contribution in [1.82, 2.24) is 10.2 Å². The molecule has 0 bridgehead atoms. The van der Waals surface area contributed by atoms with Crippen LogP contribution in [0.4, 0.5) is 0 Å². The van der Waals surface area contributed by atoms with Gasteiger partial charge in [0.15, 0.2) is 0 Å². The van der Waals surface area contributed by atoms with Crippen molar-refractivity contribution >= 4 is 0 Å². The third-order valence-electron chi connectivity index (χ3n) is 3.92. The van der Waals surface area contributed by atoms with Crippen LogP contribution in [-0.4, -0.2) is 35.6 Å². The van der Waals surface area contributed by atoms with Crippen LogP contribution in [0.1, 0.15) is 60.8 Å². The minimum Gasteiger partial charge on any atom is -0.301 e. The van der Waals surface area contributed by atoms with Gasteiger partial charge < -0.3 is 4.90 Å². The largest absolute Gasteiger partial charge is 0.301 e. The molecule has 3 heteroatoms. The van der Waals surface area contributed by atoms with Gasteiger partial charge in [0.05, 0.1) is 6.07 Å². The fourth-order valence-electron chi connectivity index (χ4n) is 2.04. The molecule has 0 aliphatic heterocycles. The summed E-state index contributed by atoms with van der Waals surface area (Å²) >= 11 is 0. The van der Waals surface area contributed by atoms with Crippen LogP contribution in [0.3, 0.4) is 0 Å². The molecule has 0 rings (SSSR count). The van der Waals surface area contributed by atoms with Gasteiger partial charge in [-0.05, 0) is 67.5 Å². The quantitative estimate of drug-likeness (QED) is 0.722. The Kier molecular flexibility index (Phi) is 6.88. The first-order valence-corrected chi connectivity index (χ1v) is 7.07. The molecule has 106 valence electrons. The van der Waals surface area contributed by atoms with Crippen molar-refractivity contribution in [2.75, 3.05) is 13.6 Å². The zero-order valence-corrected chi connectivity index (χ0v) is 13.3. The van der Waals surface area contributed by atoms with Crippen molar-refractivity contribution in [2.45, 2.75) is 77.9 Å². The predicted octanol–water partition coefficient (Wildman–Crippen LogP) is 3.17. The van der Waals surface area contributed by atoms with Gasteiger partial charge in [-0.15, -0.1) is 0 Å². The third-order valence-corrected chi connectivity index (χ3v) is 3.92. The highest BCUT2D eigenvalue weighted by Gasteiger charge is 2.25. The fraction of sp³-hybridized carbons (Fsp3) is 0.933. The molecule has 0 aromatic carbocycles. The molecule has 1 N–H and O–H groups in total. The maximum atomic E-state index is 9.28. The molecule has 0 radical (unpaired) electrons. The van der Waals surface area contributed by atoms with E-state index in [9.17, 15) is 5.26 Å². The van der Waals surface area contributed by atoms with Crippen molar-refractivity contribution in [1.29, 1.82) is 5.26 Å². The van der Waals surface area contributed by atoms with Crippen LogP contribution in [0.25, 0.3) is 0 Å². The van der Waals surface area contributed by atoms with Gasteiger partial charge in [0.2, 0.25) is 0 Å². The second-order valence-electron chi connectivity index (χ2n) is 6.43. The van der Waals surface area contributed by atoms with Crippen LogP contribution >= 0.6 is 0 Å². The minimum atomic E-state index is -0.397. The summed E-state index contributed by atoms with van der Waals surface area (Å²) in [5, 5.41) is 12.6. The molecule has 18 heavy (non-hydrogen) atoms. The zero-order valence-electron chi connectivity index (χ0n) is 13.3. The Morgan fingerprint density at radius 2 is 1.83 bits per heavy atom. The summed E-state index contributed by atoms with van der Waals surface area (Å²) < 4.78 is 0. The van der Waals surface area contributed by atoms with E-state index in [1.807, 2.05) is 6.92 Å². The maximum Gasteiger partial charge on any atom is 0.104 e. The van der Waals surface area contributed by atoms with Gasteiger partial charge in [-0.1, -0.05) is 6.92 Å². The van der Waals surface area contributed by atoms with Gasteiger partial charge in [0.1, 0.15) is 5.54 Å². The van der Waals surface area contributed by atoms with Gasteiger partial charge in [0.25, 0.3) is 0 Å². The summed E-state index contributed by atoms with van der Waals surface area (Å²) in [7, 11) is 2.17. The van der Waals surface area contributed by atoms with E-state index in [2.05, 4.69) is 58.0 Å². The van der Waals surface area contributed by atoms with Gasteiger partial charge in [0, 0.05) is 11.6 Å². The summed E-state index contributed by atoms with van der Waals surface area (Å²) in [6, 6.07) is 2.75. The van der Waals surface area contributed by atoms with E-state index in [-0.39, 0.29) is 5.54 Å². The Balaban J connectivity index is 4.21. The second-order valence-corrected chi connectivity index (χ2v) is 6.43. The lowest BCUT2D eigenvalue weighted by Crippen LogP contribution is -2.46. The molecule has 0 saturated heterocycles. The Morgan fingerprint density at radius 1 is 1.28 bits per heavy atom. The van der Waals surface area contributed by atoms with E-state index < -0.39 is 5.54 Å². The van der Waals surface area contributed by atoms with Gasteiger partial charge in [-0.2, -0.15) is 5.26 Å². The Hall–Kier alpha value is -0.590. The molecule has 3 nitrogen and oxygen atoms in total. The number of hydrogen-bond donors (Lipinski definition) is 1. The smallest absolute Gasteiger partial charge is 0.104 e. The van der Waals surface area contributed by atoms with E-state index in [0.717, 1.165) is 25.8 Å². The highest BCUT2D eigenvalue weighted by Crippen LogP contribution is 2.19. The monoisotopic (exact) mass is 253 g/mol. The Labute approximate surface area is 114 Å². The normalized spacial score (nSPS) is 15.8. The Bertz CT molecular complexity index is 278. The first kappa shape index (κ1) is 17.4. The molecule has 0 aliphatic rings. The van der Waals surface area contributed by atoms with Gasteiger partial charge >= 0.3 is 0 Å². The molecule has 0 spiro atoms. The number of nitrogens with one attached hydrogen (secondary N) is 1. The first-order valence-electron chi connectivity index (χ1n) is 7.07. The average Bonchev–Trinajstić information content (AvgIpc) is 2.27. The fourth-order valence-corrected chi connectivity index (χ4v) is 2.04. The Morgan fingerprint density at radius 3 is 2.22 bits per heavy atom. The number of nitriles is 1. The van der Waals surface area contributed by atoms with Crippen LogP contribution in [0.2, 0.25) is 0 Å². The SMILES string of the molecule is CCC(C)(C)N(C)CCCC(C)(C#N)NC(C)C. The van der Waals surface area contributed by atoms with E-state index in [0.29, 0.717) is 6.04 Å². The standard InChI is InChI=1S/C15H31N3/c1-8-14(4,5)18(7)11-9-10-15(6,12-16)17-13(2)3/h13,17H,8-11H2,1-7H3. The molecule has 0 fully saturated rings.